The quantitative estimate of drug-likeness (QED) is 0.728. The van der Waals surface area contributed by atoms with Crippen molar-refractivity contribution in [3.8, 4) is 0 Å². The van der Waals surface area contributed by atoms with Crippen LogP contribution in [0, 0.1) is 13.5 Å². The number of aryl methyl sites for hydroxylation is 1. The van der Waals surface area contributed by atoms with Crippen LogP contribution in [0.2, 0.25) is 0 Å². The summed E-state index contributed by atoms with van der Waals surface area (Å²) >= 11 is 0. The van der Waals surface area contributed by atoms with Gasteiger partial charge in [-0.05, 0) is 37.1 Å². The van der Waals surface area contributed by atoms with Crippen molar-refractivity contribution in [3.63, 3.8) is 0 Å². The third-order valence-corrected chi connectivity index (χ3v) is 4.22. The molecule has 2 aromatic carbocycles. The van der Waals surface area contributed by atoms with Gasteiger partial charge in [-0.1, -0.05) is 35.5 Å². The van der Waals surface area contributed by atoms with E-state index in [1.54, 1.807) is 16.8 Å². The van der Waals surface area contributed by atoms with Crippen LogP contribution in [0.1, 0.15) is 18.1 Å². The van der Waals surface area contributed by atoms with E-state index >= 15 is 0 Å². The number of aromatic nitrogens is 3. The molecule has 0 aliphatic carbocycles. The molecule has 0 spiro atoms. The number of carbonyl (C=O) groups excluding carboxylic acids is 1. The lowest BCUT2D eigenvalue weighted by Gasteiger charge is -2.22. The SMILES string of the molecule is [C-]#[N+]c1ccc(CC(=O)[C@@](C)(O)Cn2nnc3ccccc32)cc1C. The van der Waals surface area contributed by atoms with E-state index in [1.807, 2.05) is 37.3 Å². The summed E-state index contributed by atoms with van der Waals surface area (Å²) in [6.45, 7) is 10.4. The highest BCUT2D eigenvalue weighted by Gasteiger charge is 2.31. The van der Waals surface area contributed by atoms with Crippen molar-refractivity contribution in [2.75, 3.05) is 0 Å². The molecule has 0 amide bonds. The van der Waals surface area contributed by atoms with Crippen molar-refractivity contribution in [2.45, 2.75) is 32.4 Å². The molecule has 1 heterocycles. The molecule has 3 rings (SSSR count). The monoisotopic (exact) mass is 334 g/mol. The summed E-state index contributed by atoms with van der Waals surface area (Å²) < 4.78 is 1.54. The lowest BCUT2D eigenvalue weighted by Crippen LogP contribution is -2.41. The molecule has 0 saturated heterocycles. The van der Waals surface area contributed by atoms with Gasteiger partial charge in [0.1, 0.15) is 11.1 Å². The Kier molecular flexibility index (Phi) is 4.34. The van der Waals surface area contributed by atoms with Gasteiger partial charge in [-0.25, -0.2) is 9.53 Å². The number of nitrogens with zero attached hydrogens (tertiary/aromatic N) is 4. The largest absolute Gasteiger partial charge is 0.380 e. The van der Waals surface area contributed by atoms with Crippen molar-refractivity contribution in [1.82, 2.24) is 15.0 Å². The Bertz CT molecular complexity index is 982. The summed E-state index contributed by atoms with van der Waals surface area (Å²) in [7, 11) is 0. The number of hydrogen-bond donors (Lipinski definition) is 1. The lowest BCUT2D eigenvalue weighted by atomic mass is 9.94. The molecule has 3 aromatic rings. The van der Waals surface area contributed by atoms with Gasteiger partial charge in [0.25, 0.3) is 0 Å². The van der Waals surface area contributed by atoms with Crippen LogP contribution < -0.4 is 0 Å². The average molecular weight is 334 g/mol. The van der Waals surface area contributed by atoms with Crippen LogP contribution in [-0.4, -0.2) is 31.5 Å². The number of hydrogen-bond acceptors (Lipinski definition) is 4. The van der Waals surface area contributed by atoms with E-state index in [1.165, 1.54) is 6.92 Å². The Morgan fingerprint density at radius 2 is 2.08 bits per heavy atom. The number of para-hydroxylation sites is 1. The van der Waals surface area contributed by atoms with Gasteiger partial charge < -0.3 is 5.11 Å². The minimum atomic E-state index is -1.57. The molecule has 0 aliphatic heterocycles. The van der Waals surface area contributed by atoms with Gasteiger partial charge in [0.05, 0.1) is 18.6 Å². The minimum Gasteiger partial charge on any atom is -0.380 e. The molecule has 0 saturated carbocycles. The fourth-order valence-electron chi connectivity index (χ4n) is 2.74. The first-order valence-corrected chi connectivity index (χ1v) is 7.91. The maximum Gasteiger partial charge on any atom is 0.190 e. The molecule has 1 atom stereocenters. The zero-order valence-electron chi connectivity index (χ0n) is 14.1. The van der Waals surface area contributed by atoms with Gasteiger partial charge in [0, 0.05) is 6.42 Å². The molecule has 0 radical (unpaired) electrons. The normalized spacial score (nSPS) is 13.4. The summed E-state index contributed by atoms with van der Waals surface area (Å²) in [5.41, 5.74) is 2.09. The second-order valence-electron chi connectivity index (χ2n) is 6.34. The molecule has 0 aliphatic rings. The van der Waals surface area contributed by atoms with Gasteiger partial charge in [0.2, 0.25) is 0 Å². The summed E-state index contributed by atoms with van der Waals surface area (Å²) in [6, 6.07) is 12.7. The van der Waals surface area contributed by atoms with Gasteiger partial charge in [-0.3, -0.25) is 4.79 Å². The fourth-order valence-corrected chi connectivity index (χ4v) is 2.74. The number of benzene rings is 2. The van der Waals surface area contributed by atoms with Crippen LogP contribution in [0.5, 0.6) is 0 Å². The third kappa shape index (κ3) is 3.42. The standard InChI is InChI=1S/C19H18N4O2/c1-13-10-14(8-9-15(13)20-3)11-18(24)19(2,25)12-23-17-7-5-4-6-16(17)21-22-23/h4-10,25H,11-12H2,1-2H3/t19-/m0/s1. The van der Waals surface area contributed by atoms with Gasteiger partial charge in [0.15, 0.2) is 11.5 Å². The van der Waals surface area contributed by atoms with Gasteiger partial charge in [-0.2, -0.15) is 0 Å². The van der Waals surface area contributed by atoms with E-state index in [-0.39, 0.29) is 18.7 Å². The Morgan fingerprint density at radius 1 is 1.32 bits per heavy atom. The maximum absolute atomic E-state index is 12.6. The Hall–Kier alpha value is -3.04. The fraction of sp³-hybridized carbons (Fsp3) is 0.263. The number of fused-ring (bicyclic) bond motifs is 1. The first-order chi connectivity index (χ1) is 11.9. The molecule has 1 N–H and O–H groups in total. The second-order valence-corrected chi connectivity index (χ2v) is 6.34. The van der Waals surface area contributed by atoms with Crippen molar-refractivity contribution in [1.29, 1.82) is 0 Å². The highest BCUT2D eigenvalue weighted by atomic mass is 16.3. The third-order valence-electron chi connectivity index (χ3n) is 4.22. The molecule has 6 heteroatoms. The molecule has 1 aromatic heterocycles. The summed E-state index contributed by atoms with van der Waals surface area (Å²) in [5, 5.41) is 18.7. The van der Waals surface area contributed by atoms with E-state index in [9.17, 15) is 9.90 Å². The summed E-state index contributed by atoms with van der Waals surface area (Å²) in [4.78, 5) is 16.0. The van der Waals surface area contributed by atoms with Crippen molar-refractivity contribution in [3.05, 3.63) is 65.0 Å². The van der Waals surface area contributed by atoms with Crippen LogP contribution in [-0.2, 0) is 17.8 Å². The Morgan fingerprint density at radius 3 is 2.80 bits per heavy atom. The molecular formula is C19H18N4O2. The van der Waals surface area contributed by atoms with E-state index in [0.717, 1.165) is 22.2 Å². The van der Waals surface area contributed by atoms with Gasteiger partial charge in [-0.15, -0.1) is 5.10 Å². The molecule has 0 unspecified atom stereocenters. The van der Waals surface area contributed by atoms with E-state index in [4.69, 9.17) is 6.57 Å². The van der Waals surface area contributed by atoms with Crippen LogP contribution in [0.15, 0.2) is 42.5 Å². The van der Waals surface area contributed by atoms with Crippen LogP contribution >= 0.6 is 0 Å². The first kappa shape index (κ1) is 16.8. The molecule has 126 valence electrons. The predicted molar refractivity (Wildman–Crippen MR) is 94.3 cm³/mol. The second kappa shape index (κ2) is 6.46. The Labute approximate surface area is 145 Å². The molecule has 0 bridgehead atoms. The Balaban J connectivity index is 1.78. The van der Waals surface area contributed by atoms with Crippen LogP contribution in [0.3, 0.4) is 0 Å². The first-order valence-electron chi connectivity index (χ1n) is 7.91. The zero-order chi connectivity index (χ0) is 18.0. The van der Waals surface area contributed by atoms with Crippen molar-refractivity contribution in [2.24, 2.45) is 0 Å². The average Bonchev–Trinajstić information content (AvgIpc) is 2.97. The highest BCUT2D eigenvalue weighted by molar-refractivity contribution is 5.88. The minimum absolute atomic E-state index is 0.0332. The lowest BCUT2D eigenvalue weighted by molar-refractivity contribution is -0.136. The van der Waals surface area contributed by atoms with E-state index < -0.39 is 5.60 Å². The molecule has 6 nitrogen and oxygen atoms in total. The number of aliphatic hydroxyl groups is 1. The van der Waals surface area contributed by atoms with Gasteiger partial charge >= 0.3 is 0 Å². The number of Topliss-reactive ketones (excluding diaryl/α,β-unsaturated/α-hetero) is 1. The number of carbonyl (C=O) groups is 1. The molecule has 0 fully saturated rings. The molecular weight excluding hydrogens is 316 g/mol. The number of ketones is 1. The molecule has 25 heavy (non-hydrogen) atoms. The highest BCUT2D eigenvalue weighted by Crippen LogP contribution is 2.22. The summed E-state index contributed by atoms with van der Waals surface area (Å²) in [5.74, 6) is -0.304. The smallest absolute Gasteiger partial charge is 0.190 e. The van der Waals surface area contributed by atoms with Crippen LogP contribution in [0.25, 0.3) is 15.9 Å². The number of rotatable bonds is 5. The topological polar surface area (TPSA) is 72.4 Å². The van der Waals surface area contributed by atoms with Crippen molar-refractivity contribution < 1.29 is 9.90 Å². The summed E-state index contributed by atoms with van der Waals surface area (Å²) in [6.07, 6.45) is 0.0960. The van der Waals surface area contributed by atoms with E-state index in [0.29, 0.717) is 5.69 Å². The maximum atomic E-state index is 12.6. The predicted octanol–water partition coefficient (Wildman–Crippen LogP) is 2.85. The van der Waals surface area contributed by atoms with Crippen molar-refractivity contribution >= 4 is 22.5 Å². The van der Waals surface area contributed by atoms with E-state index in [2.05, 4.69) is 15.2 Å². The van der Waals surface area contributed by atoms with Crippen LogP contribution in [0.4, 0.5) is 5.69 Å². The zero-order valence-corrected chi connectivity index (χ0v) is 14.1.